The second kappa shape index (κ2) is 4.21. The fraction of sp³-hybridized carbons (Fsp3) is 0.875. The predicted molar refractivity (Wildman–Crippen MR) is 51.0 cm³/mol. The first-order valence-electron chi connectivity index (χ1n) is 4.45. The molecule has 0 spiro atoms. The van der Waals surface area contributed by atoms with Crippen molar-refractivity contribution in [3.8, 4) is 0 Å². The molecule has 0 aromatic heterocycles. The number of thioether (sulfide) groups is 1. The second-order valence-electron chi connectivity index (χ2n) is 3.51. The molecule has 2 unspecified atom stereocenters. The van der Waals surface area contributed by atoms with Gasteiger partial charge >= 0.3 is 12.1 Å². The lowest BCUT2D eigenvalue weighted by molar-refractivity contribution is -0.150. The van der Waals surface area contributed by atoms with Crippen LogP contribution in [0.5, 0.6) is 0 Å². The number of hydrogen-bond acceptors (Lipinski definition) is 3. The Morgan fingerprint density at radius 2 is 2.27 bits per heavy atom. The summed E-state index contributed by atoms with van der Waals surface area (Å²) in [4.78, 5) is 11.0. The number of alkyl halides is 3. The zero-order valence-electron chi connectivity index (χ0n) is 8.10. The summed E-state index contributed by atoms with van der Waals surface area (Å²) in [6, 6.07) is 0. The van der Waals surface area contributed by atoms with E-state index in [0.717, 1.165) is 0 Å². The van der Waals surface area contributed by atoms with Gasteiger partial charge in [-0.25, -0.2) is 0 Å². The number of carbonyl (C=O) groups is 1. The number of carboxylic acids is 1. The smallest absolute Gasteiger partial charge is 0.401 e. The fourth-order valence-corrected chi connectivity index (χ4v) is 2.97. The lowest BCUT2D eigenvalue weighted by Crippen LogP contribution is -2.58. The van der Waals surface area contributed by atoms with Crippen LogP contribution in [0.4, 0.5) is 13.2 Å². The molecule has 0 aliphatic carbocycles. The summed E-state index contributed by atoms with van der Waals surface area (Å²) in [6.45, 7) is 0.374. The highest BCUT2D eigenvalue weighted by Gasteiger charge is 2.49. The predicted octanol–water partition coefficient (Wildman–Crippen LogP) is 1.49. The maximum atomic E-state index is 12.0. The molecule has 0 saturated carbocycles. The molecule has 1 rings (SSSR count). The van der Waals surface area contributed by atoms with Crippen molar-refractivity contribution in [1.29, 1.82) is 0 Å². The zero-order valence-corrected chi connectivity index (χ0v) is 8.91. The first-order chi connectivity index (χ1) is 6.78. The van der Waals surface area contributed by atoms with Gasteiger partial charge in [-0.2, -0.15) is 24.9 Å². The molecule has 0 radical (unpaired) electrons. The molecular formula is C8H12F3NO2S. The first kappa shape index (κ1) is 12.6. The molecule has 0 bridgehead atoms. The van der Waals surface area contributed by atoms with E-state index >= 15 is 0 Å². The quantitative estimate of drug-likeness (QED) is 0.788. The van der Waals surface area contributed by atoms with Gasteiger partial charge in [0, 0.05) is 5.25 Å². The van der Waals surface area contributed by atoms with Crippen LogP contribution >= 0.6 is 11.8 Å². The van der Waals surface area contributed by atoms with E-state index in [4.69, 9.17) is 5.11 Å². The summed E-state index contributed by atoms with van der Waals surface area (Å²) in [6.07, 6.45) is -4.15. The van der Waals surface area contributed by atoms with Crippen molar-refractivity contribution in [2.75, 3.05) is 12.3 Å². The molecule has 1 saturated heterocycles. The van der Waals surface area contributed by atoms with Crippen LogP contribution in [0.2, 0.25) is 0 Å². The topological polar surface area (TPSA) is 49.3 Å². The van der Waals surface area contributed by atoms with E-state index < -0.39 is 24.2 Å². The Morgan fingerprint density at radius 1 is 1.67 bits per heavy atom. The van der Waals surface area contributed by atoms with Gasteiger partial charge in [-0.3, -0.25) is 10.1 Å². The standard InChI is InChI=1S/C8H12F3NO2S/c1-5-7(6(13)14,2-3-15-5)12-4-8(9,10)11/h5,12H,2-4H2,1H3,(H,13,14). The number of nitrogens with one attached hydrogen (secondary N) is 1. The van der Waals surface area contributed by atoms with E-state index in [2.05, 4.69) is 5.32 Å². The number of aliphatic carboxylic acids is 1. The Kier molecular flexibility index (Phi) is 3.55. The first-order valence-corrected chi connectivity index (χ1v) is 5.49. The lowest BCUT2D eigenvalue weighted by Gasteiger charge is -2.29. The van der Waals surface area contributed by atoms with Gasteiger partial charge in [-0.1, -0.05) is 6.92 Å². The van der Waals surface area contributed by atoms with Crippen molar-refractivity contribution in [2.24, 2.45) is 0 Å². The summed E-state index contributed by atoms with van der Waals surface area (Å²) in [5.41, 5.74) is -1.43. The van der Waals surface area contributed by atoms with Crippen LogP contribution in [0.3, 0.4) is 0 Å². The van der Waals surface area contributed by atoms with Crippen molar-refractivity contribution < 1.29 is 23.1 Å². The average molecular weight is 243 g/mol. The van der Waals surface area contributed by atoms with Crippen molar-refractivity contribution >= 4 is 17.7 Å². The van der Waals surface area contributed by atoms with Gasteiger partial charge in [0.1, 0.15) is 5.54 Å². The molecule has 2 atom stereocenters. The van der Waals surface area contributed by atoms with Gasteiger partial charge in [-0.05, 0) is 12.2 Å². The molecule has 1 aliphatic rings. The minimum absolute atomic E-state index is 0.226. The third-order valence-electron chi connectivity index (χ3n) is 2.54. The summed E-state index contributed by atoms with van der Waals surface area (Å²) in [7, 11) is 0. The Balaban J connectivity index is 2.71. The van der Waals surface area contributed by atoms with Crippen LogP contribution in [0, 0.1) is 0 Å². The minimum atomic E-state index is -4.38. The van der Waals surface area contributed by atoms with Gasteiger partial charge in [-0.15, -0.1) is 0 Å². The third kappa shape index (κ3) is 2.78. The number of hydrogen-bond donors (Lipinski definition) is 2. The van der Waals surface area contributed by atoms with Gasteiger partial charge in [0.2, 0.25) is 0 Å². The molecule has 1 aliphatic heterocycles. The van der Waals surface area contributed by atoms with Crippen molar-refractivity contribution in [2.45, 2.75) is 30.3 Å². The maximum absolute atomic E-state index is 12.0. The average Bonchev–Trinajstić information content (AvgIpc) is 2.43. The Bertz CT molecular complexity index is 259. The number of rotatable bonds is 3. The van der Waals surface area contributed by atoms with Gasteiger partial charge in [0.15, 0.2) is 0 Å². The highest BCUT2D eigenvalue weighted by atomic mass is 32.2. The van der Waals surface area contributed by atoms with E-state index in [1.165, 1.54) is 11.8 Å². The zero-order chi connectivity index (χ0) is 11.7. The van der Waals surface area contributed by atoms with Crippen molar-refractivity contribution in [3.05, 3.63) is 0 Å². The molecule has 15 heavy (non-hydrogen) atoms. The summed E-state index contributed by atoms with van der Waals surface area (Å²) < 4.78 is 36.0. The molecule has 0 amide bonds. The SMILES string of the molecule is CC1SCCC1(NCC(F)(F)F)C(=O)O. The largest absolute Gasteiger partial charge is 0.480 e. The normalized spacial score (nSPS) is 31.9. The molecule has 7 heteroatoms. The van der Waals surface area contributed by atoms with E-state index in [0.29, 0.717) is 5.75 Å². The van der Waals surface area contributed by atoms with Gasteiger partial charge < -0.3 is 5.11 Å². The highest BCUT2D eigenvalue weighted by Crippen LogP contribution is 2.36. The van der Waals surface area contributed by atoms with Crippen LogP contribution in [-0.4, -0.2) is 40.3 Å². The lowest BCUT2D eigenvalue weighted by atomic mass is 9.93. The summed E-state index contributed by atoms with van der Waals surface area (Å²) in [5.74, 6) is -0.637. The second-order valence-corrected chi connectivity index (χ2v) is 4.96. The maximum Gasteiger partial charge on any atom is 0.401 e. The monoisotopic (exact) mass is 243 g/mol. The van der Waals surface area contributed by atoms with Crippen LogP contribution < -0.4 is 5.32 Å². The van der Waals surface area contributed by atoms with Crippen LogP contribution in [-0.2, 0) is 4.79 Å². The Hall–Kier alpha value is -0.430. The van der Waals surface area contributed by atoms with Crippen molar-refractivity contribution in [3.63, 3.8) is 0 Å². The summed E-state index contributed by atoms with van der Waals surface area (Å²) >= 11 is 1.37. The number of halogens is 3. The van der Waals surface area contributed by atoms with Gasteiger partial charge in [0.05, 0.1) is 6.54 Å². The van der Waals surface area contributed by atoms with E-state index in [-0.39, 0.29) is 11.7 Å². The Morgan fingerprint density at radius 3 is 2.60 bits per heavy atom. The molecule has 2 N–H and O–H groups in total. The van der Waals surface area contributed by atoms with Crippen LogP contribution in [0.25, 0.3) is 0 Å². The Labute approximate surface area is 89.4 Å². The van der Waals surface area contributed by atoms with Crippen LogP contribution in [0.1, 0.15) is 13.3 Å². The highest BCUT2D eigenvalue weighted by molar-refractivity contribution is 8.00. The third-order valence-corrected chi connectivity index (χ3v) is 3.89. The molecule has 0 aromatic carbocycles. The fourth-order valence-electron chi connectivity index (χ4n) is 1.59. The molecule has 3 nitrogen and oxygen atoms in total. The van der Waals surface area contributed by atoms with E-state index in [1.54, 1.807) is 6.92 Å². The molecule has 1 heterocycles. The van der Waals surface area contributed by atoms with E-state index in [1.807, 2.05) is 0 Å². The molecular weight excluding hydrogens is 231 g/mol. The van der Waals surface area contributed by atoms with Crippen LogP contribution in [0.15, 0.2) is 0 Å². The van der Waals surface area contributed by atoms with Crippen molar-refractivity contribution in [1.82, 2.24) is 5.32 Å². The molecule has 1 fully saturated rings. The number of carboxylic acid groups (broad SMARTS) is 1. The van der Waals surface area contributed by atoms with Gasteiger partial charge in [0.25, 0.3) is 0 Å². The molecule has 0 aromatic rings. The van der Waals surface area contributed by atoms with E-state index in [9.17, 15) is 18.0 Å². The minimum Gasteiger partial charge on any atom is -0.480 e. The molecule has 88 valence electrons. The summed E-state index contributed by atoms with van der Waals surface area (Å²) in [5, 5.41) is 10.8.